The number of aromatic hydroxyl groups is 2. The van der Waals surface area contributed by atoms with Crippen LogP contribution in [0, 0.1) is 5.92 Å². The van der Waals surface area contributed by atoms with Gasteiger partial charge in [-0.25, -0.2) is 0 Å². The van der Waals surface area contributed by atoms with Crippen molar-refractivity contribution in [2.45, 2.75) is 84.0 Å². The van der Waals surface area contributed by atoms with E-state index in [-0.39, 0.29) is 16.9 Å². The van der Waals surface area contributed by atoms with Gasteiger partial charge in [-0.1, -0.05) is 53.4 Å². The lowest BCUT2D eigenvalue weighted by Gasteiger charge is -2.37. The number of phenolic OH excluding ortho intramolecular Hbond substituents is 2. The minimum absolute atomic E-state index is 0.0542. The first-order chi connectivity index (χ1) is 11.9. The molecule has 3 atom stereocenters. The Hall–Kier alpha value is -1.64. The molecule has 0 radical (unpaired) electrons. The molecule has 2 N–H and O–H groups in total. The molecule has 1 aliphatic rings. The van der Waals surface area contributed by atoms with Crippen molar-refractivity contribution in [3.8, 4) is 11.5 Å². The number of hydrogen-bond donors (Lipinski definition) is 2. The van der Waals surface area contributed by atoms with Gasteiger partial charge in [0.15, 0.2) is 11.5 Å². The van der Waals surface area contributed by atoms with E-state index in [4.69, 9.17) is 4.42 Å². The van der Waals surface area contributed by atoms with Crippen LogP contribution in [0.2, 0.25) is 0 Å². The van der Waals surface area contributed by atoms with E-state index in [1.165, 1.54) is 31.2 Å². The monoisotopic (exact) mass is 344 g/mol. The molecule has 0 saturated carbocycles. The molecule has 25 heavy (non-hydrogen) atoms. The summed E-state index contributed by atoms with van der Waals surface area (Å²) in [5.41, 5.74) is 2.04. The second-order valence-electron chi connectivity index (χ2n) is 8.14. The molecule has 0 fully saturated rings. The largest absolute Gasteiger partial charge is 0.504 e. The number of fused-ring (bicyclic) bond motifs is 3. The molecule has 3 rings (SSSR count). The molecule has 2 aromatic rings. The first-order valence-electron chi connectivity index (χ1n) is 9.91. The predicted molar refractivity (Wildman–Crippen MR) is 102 cm³/mol. The number of hydrogen-bond acceptors (Lipinski definition) is 3. The Balaban J connectivity index is 2.22. The summed E-state index contributed by atoms with van der Waals surface area (Å²) in [7, 11) is 0. The topological polar surface area (TPSA) is 53.6 Å². The molecule has 1 aromatic carbocycles. The van der Waals surface area contributed by atoms with Crippen molar-refractivity contribution in [2.75, 3.05) is 0 Å². The van der Waals surface area contributed by atoms with E-state index in [1.54, 1.807) is 12.1 Å². The molecule has 138 valence electrons. The van der Waals surface area contributed by atoms with Gasteiger partial charge < -0.3 is 14.6 Å². The predicted octanol–water partition coefficient (Wildman–Crippen LogP) is 6.61. The smallest absolute Gasteiger partial charge is 0.161 e. The molecule has 3 nitrogen and oxygen atoms in total. The van der Waals surface area contributed by atoms with Gasteiger partial charge in [-0.3, -0.25) is 0 Å². The molecular weight excluding hydrogens is 312 g/mol. The average molecular weight is 344 g/mol. The Labute approximate surface area is 151 Å². The third-order valence-corrected chi connectivity index (χ3v) is 6.47. The molecule has 0 spiro atoms. The number of phenols is 2. The van der Waals surface area contributed by atoms with Crippen molar-refractivity contribution in [1.82, 2.24) is 0 Å². The molecule has 0 saturated heterocycles. The summed E-state index contributed by atoms with van der Waals surface area (Å²) in [6.45, 7) is 9.18. The SMILES string of the molecule is CCCCC[C@]1(C)c2c(oc3cc(O)c(O)cc23)C(C)CC[C@H]1CC. The highest BCUT2D eigenvalue weighted by atomic mass is 16.3. The van der Waals surface area contributed by atoms with E-state index in [0.717, 1.165) is 30.4 Å². The second-order valence-corrected chi connectivity index (χ2v) is 8.14. The van der Waals surface area contributed by atoms with Crippen LogP contribution in [0.25, 0.3) is 11.0 Å². The van der Waals surface area contributed by atoms with Gasteiger partial charge in [0.1, 0.15) is 11.3 Å². The average Bonchev–Trinajstić information content (AvgIpc) is 2.90. The summed E-state index contributed by atoms with van der Waals surface area (Å²) >= 11 is 0. The summed E-state index contributed by atoms with van der Waals surface area (Å²) in [5.74, 6) is 1.88. The quantitative estimate of drug-likeness (QED) is 0.365. The van der Waals surface area contributed by atoms with E-state index >= 15 is 0 Å². The Morgan fingerprint density at radius 3 is 2.52 bits per heavy atom. The van der Waals surface area contributed by atoms with Crippen LogP contribution in [0.3, 0.4) is 0 Å². The first kappa shape index (κ1) is 18.2. The fraction of sp³-hybridized carbons (Fsp3) is 0.636. The molecule has 0 bridgehead atoms. The number of rotatable bonds is 5. The maximum atomic E-state index is 10.1. The normalized spacial score (nSPS) is 26.6. The molecule has 1 heterocycles. The fourth-order valence-corrected chi connectivity index (χ4v) is 4.91. The molecule has 1 aliphatic carbocycles. The standard InChI is InChI=1S/C22H32O3/c1-5-7-8-11-22(4)15(6-2)10-9-14(3)21-20(22)16-12-17(23)18(24)13-19(16)25-21/h12-15,23-24H,5-11H2,1-4H3/t14?,15-,22+/m1/s1. The van der Waals surface area contributed by atoms with Crippen LogP contribution in [0.4, 0.5) is 0 Å². The third kappa shape index (κ3) is 3.02. The second kappa shape index (κ2) is 6.93. The molecule has 1 unspecified atom stereocenters. The van der Waals surface area contributed by atoms with Gasteiger partial charge in [-0.15, -0.1) is 0 Å². The minimum Gasteiger partial charge on any atom is -0.504 e. The van der Waals surface area contributed by atoms with Crippen LogP contribution < -0.4 is 0 Å². The minimum atomic E-state index is -0.108. The maximum absolute atomic E-state index is 10.1. The van der Waals surface area contributed by atoms with E-state index in [0.29, 0.717) is 17.4 Å². The first-order valence-corrected chi connectivity index (χ1v) is 9.91. The van der Waals surface area contributed by atoms with Gasteiger partial charge in [0.2, 0.25) is 0 Å². The van der Waals surface area contributed by atoms with Gasteiger partial charge >= 0.3 is 0 Å². The summed E-state index contributed by atoms with van der Waals surface area (Å²) in [5, 5.41) is 21.0. The van der Waals surface area contributed by atoms with E-state index in [2.05, 4.69) is 27.7 Å². The Bertz CT molecular complexity index is 745. The van der Waals surface area contributed by atoms with Gasteiger partial charge in [-0.2, -0.15) is 0 Å². The highest BCUT2D eigenvalue weighted by Gasteiger charge is 2.42. The van der Waals surface area contributed by atoms with Crippen LogP contribution in [-0.4, -0.2) is 10.2 Å². The molecule has 3 heteroatoms. The Morgan fingerprint density at radius 2 is 1.84 bits per heavy atom. The summed E-state index contributed by atoms with van der Waals surface area (Å²) in [6.07, 6.45) is 8.34. The Kier molecular flexibility index (Phi) is 5.04. The van der Waals surface area contributed by atoms with Gasteiger partial charge in [0.05, 0.1) is 0 Å². The highest BCUT2D eigenvalue weighted by Crippen LogP contribution is 2.52. The van der Waals surface area contributed by atoms with Crippen molar-refractivity contribution >= 4 is 11.0 Å². The third-order valence-electron chi connectivity index (χ3n) is 6.47. The van der Waals surface area contributed by atoms with E-state index in [1.807, 2.05) is 0 Å². The van der Waals surface area contributed by atoms with Crippen LogP contribution in [0.15, 0.2) is 16.5 Å². The van der Waals surface area contributed by atoms with Crippen molar-refractivity contribution in [2.24, 2.45) is 5.92 Å². The molecular formula is C22H32O3. The van der Waals surface area contributed by atoms with Gasteiger partial charge in [0, 0.05) is 22.9 Å². The lowest BCUT2D eigenvalue weighted by atomic mass is 9.66. The zero-order valence-electron chi connectivity index (χ0n) is 16.1. The summed E-state index contributed by atoms with van der Waals surface area (Å²) in [6, 6.07) is 3.27. The van der Waals surface area contributed by atoms with Crippen LogP contribution in [0.1, 0.15) is 89.9 Å². The maximum Gasteiger partial charge on any atom is 0.161 e. The zero-order chi connectivity index (χ0) is 18.2. The van der Waals surface area contributed by atoms with Crippen molar-refractivity contribution in [1.29, 1.82) is 0 Å². The van der Waals surface area contributed by atoms with Crippen LogP contribution in [0.5, 0.6) is 11.5 Å². The highest BCUT2D eigenvalue weighted by molar-refractivity contribution is 5.87. The van der Waals surface area contributed by atoms with E-state index in [9.17, 15) is 10.2 Å². The van der Waals surface area contributed by atoms with Gasteiger partial charge in [0.25, 0.3) is 0 Å². The zero-order valence-corrected chi connectivity index (χ0v) is 16.1. The number of furan rings is 1. The Morgan fingerprint density at radius 1 is 1.12 bits per heavy atom. The van der Waals surface area contributed by atoms with Crippen molar-refractivity contribution in [3.05, 3.63) is 23.5 Å². The lowest BCUT2D eigenvalue weighted by Crippen LogP contribution is -2.31. The van der Waals surface area contributed by atoms with E-state index < -0.39 is 0 Å². The summed E-state index contributed by atoms with van der Waals surface area (Å²) in [4.78, 5) is 0. The molecule has 1 aromatic heterocycles. The van der Waals surface area contributed by atoms with Crippen molar-refractivity contribution in [3.63, 3.8) is 0 Å². The van der Waals surface area contributed by atoms with Crippen molar-refractivity contribution < 1.29 is 14.6 Å². The molecule has 0 aliphatic heterocycles. The molecule has 0 amide bonds. The van der Waals surface area contributed by atoms with Crippen LogP contribution >= 0.6 is 0 Å². The van der Waals surface area contributed by atoms with Gasteiger partial charge in [-0.05, 0) is 36.7 Å². The fourth-order valence-electron chi connectivity index (χ4n) is 4.91. The van der Waals surface area contributed by atoms with Crippen LogP contribution in [-0.2, 0) is 5.41 Å². The summed E-state index contributed by atoms with van der Waals surface area (Å²) < 4.78 is 6.24. The lowest BCUT2D eigenvalue weighted by molar-refractivity contribution is 0.245. The number of benzene rings is 1. The number of unbranched alkanes of at least 4 members (excludes halogenated alkanes) is 2.